The van der Waals surface area contributed by atoms with Crippen LogP contribution >= 0.6 is 22.9 Å². The Labute approximate surface area is 278 Å². The van der Waals surface area contributed by atoms with E-state index < -0.39 is 11.5 Å². The Bertz CT molecular complexity index is 1790. The van der Waals surface area contributed by atoms with Gasteiger partial charge in [-0.15, -0.1) is 21.5 Å². The van der Waals surface area contributed by atoms with Crippen molar-refractivity contribution >= 4 is 46.4 Å². The van der Waals surface area contributed by atoms with Crippen LogP contribution in [0, 0.1) is 26.2 Å². The molecule has 3 aliphatic heterocycles. The molecule has 0 radical (unpaired) electrons. The van der Waals surface area contributed by atoms with Crippen LogP contribution in [-0.2, 0) is 14.4 Å². The number of aryl methyl sites for hydroxylation is 2. The third kappa shape index (κ3) is 5.84. The third-order valence-electron chi connectivity index (χ3n) is 9.57. The first-order chi connectivity index (χ1) is 21.7. The number of carbonyl (C=O) groups is 3. The predicted octanol–water partition coefficient (Wildman–Crippen LogP) is 5.11. The number of halogens is 1. The minimum atomic E-state index is -0.512. The Morgan fingerprint density at radius 3 is 2.33 bits per heavy atom. The fourth-order valence-electron chi connectivity index (χ4n) is 7.19. The van der Waals surface area contributed by atoms with E-state index in [1.165, 1.54) is 11.0 Å². The van der Waals surface area contributed by atoms with Crippen LogP contribution in [0.2, 0.25) is 5.02 Å². The molecule has 1 N–H and O–H groups in total. The highest BCUT2D eigenvalue weighted by atomic mass is 35.5. The maximum absolute atomic E-state index is 13.9. The lowest BCUT2D eigenvalue weighted by molar-refractivity contribution is -0.134. The number of hydrogen-bond acceptors (Lipinski definition) is 8. The van der Waals surface area contributed by atoms with Crippen molar-refractivity contribution in [3.8, 4) is 5.00 Å². The second-order valence-corrected chi connectivity index (χ2v) is 15.4. The average molecular weight is 662 g/mol. The van der Waals surface area contributed by atoms with Gasteiger partial charge < -0.3 is 4.90 Å². The molecule has 6 rings (SSSR count). The minimum Gasteiger partial charge on any atom is -0.340 e. The predicted molar refractivity (Wildman–Crippen MR) is 180 cm³/mol. The van der Waals surface area contributed by atoms with E-state index in [-0.39, 0.29) is 29.7 Å². The summed E-state index contributed by atoms with van der Waals surface area (Å²) in [5.74, 6) is 0.789. The van der Waals surface area contributed by atoms with Gasteiger partial charge in [0, 0.05) is 64.4 Å². The van der Waals surface area contributed by atoms with Crippen molar-refractivity contribution in [2.75, 3.05) is 26.2 Å². The maximum Gasteiger partial charge on any atom is 0.254 e. The molecule has 12 heteroatoms. The number of fused-ring (bicyclic) bond motifs is 3. The number of hydrogen-bond donors (Lipinski definition) is 1. The average Bonchev–Trinajstić information content (AvgIpc) is 3.61. The van der Waals surface area contributed by atoms with Crippen LogP contribution in [-0.4, -0.2) is 79.7 Å². The number of rotatable bonds is 7. The smallest absolute Gasteiger partial charge is 0.254 e. The molecule has 242 valence electrons. The molecule has 3 aromatic rings. The first-order valence-electron chi connectivity index (χ1n) is 15.6. The highest BCUT2D eigenvalue weighted by molar-refractivity contribution is 7.15. The topological polar surface area (TPSA) is 113 Å². The van der Waals surface area contributed by atoms with Crippen LogP contribution in [0.3, 0.4) is 0 Å². The van der Waals surface area contributed by atoms with Crippen LogP contribution in [0.4, 0.5) is 0 Å². The zero-order valence-corrected chi connectivity index (χ0v) is 29.0. The van der Waals surface area contributed by atoms with Crippen LogP contribution in [0.15, 0.2) is 40.9 Å². The fraction of sp³-hybridized carbons (Fsp3) is 0.471. The third-order valence-corrected chi connectivity index (χ3v) is 11.0. The molecule has 10 nitrogen and oxygen atoms in total. The van der Waals surface area contributed by atoms with Gasteiger partial charge in [0.05, 0.1) is 12.1 Å². The van der Waals surface area contributed by atoms with Gasteiger partial charge in [0.1, 0.15) is 16.9 Å². The molecular formula is C34H40ClN7O3S. The summed E-state index contributed by atoms with van der Waals surface area (Å²) in [7, 11) is 0. The number of benzene rings is 1. The summed E-state index contributed by atoms with van der Waals surface area (Å²) < 4.78 is 2.07. The van der Waals surface area contributed by atoms with Gasteiger partial charge in [-0.2, -0.15) is 0 Å². The second-order valence-electron chi connectivity index (χ2n) is 13.7. The van der Waals surface area contributed by atoms with Crippen LogP contribution < -0.4 is 5.32 Å². The van der Waals surface area contributed by atoms with Crippen molar-refractivity contribution in [3.05, 3.63) is 74.2 Å². The molecule has 2 aromatic heterocycles. The summed E-state index contributed by atoms with van der Waals surface area (Å²) in [5.41, 5.74) is 3.73. The molecular weight excluding hydrogens is 622 g/mol. The van der Waals surface area contributed by atoms with Gasteiger partial charge in [0.2, 0.25) is 5.91 Å². The molecule has 0 unspecified atom stereocenters. The lowest BCUT2D eigenvalue weighted by Gasteiger charge is -2.47. The molecule has 0 spiro atoms. The van der Waals surface area contributed by atoms with Crippen molar-refractivity contribution in [1.82, 2.24) is 29.9 Å². The summed E-state index contributed by atoms with van der Waals surface area (Å²) >= 11 is 7.93. The van der Waals surface area contributed by atoms with Gasteiger partial charge in [-0.1, -0.05) is 37.6 Å². The lowest BCUT2D eigenvalue weighted by Crippen LogP contribution is -2.57. The van der Waals surface area contributed by atoms with E-state index >= 15 is 0 Å². The zero-order valence-electron chi connectivity index (χ0n) is 27.4. The molecule has 1 atom stereocenters. The molecule has 1 aromatic carbocycles. The molecule has 3 aliphatic rings. The van der Waals surface area contributed by atoms with Crippen LogP contribution in [0.5, 0.6) is 0 Å². The molecule has 1 fully saturated rings. The quantitative estimate of drug-likeness (QED) is 0.352. The van der Waals surface area contributed by atoms with Gasteiger partial charge in [-0.05, 0) is 64.2 Å². The standard InChI is InChI=1S/C34H40ClN7O3S/c1-19-20(2)46-32-28(19)29(22-8-10-23(35)11-9-22)36-25(30-39-38-21(3)42(30)32)17-27(44)40-12-14-41(15-13-40)34(6,7)18-33(4,5)24-16-26(43)37-31(24)45/h8-11,16,25H,12-15,17-18H2,1-7H3,(H,37,43,45)/t25-/m0/s1. The molecule has 0 saturated carbocycles. The Morgan fingerprint density at radius 2 is 1.70 bits per heavy atom. The number of nitrogens with one attached hydrogen (secondary N) is 1. The Hall–Kier alpha value is -3.67. The first-order valence-corrected chi connectivity index (χ1v) is 16.8. The fourth-order valence-corrected chi connectivity index (χ4v) is 8.53. The molecule has 3 amide bonds. The lowest BCUT2D eigenvalue weighted by atomic mass is 9.74. The minimum absolute atomic E-state index is 0.0265. The zero-order chi connectivity index (χ0) is 33.1. The number of aromatic nitrogens is 3. The van der Waals surface area contributed by atoms with Crippen molar-refractivity contribution in [3.63, 3.8) is 0 Å². The Balaban J connectivity index is 1.22. The molecule has 0 aliphatic carbocycles. The van der Waals surface area contributed by atoms with E-state index in [1.807, 2.05) is 49.9 Å². The summed E-state index contributed by atoms with van der Waals surface area (Å²) in [4.78, 5) is 48.9. The van der Waals surface area contributed by atoms with Crippen molar-refractivity contribution < 1.29 is 14.4 Å². The normalized spacial score (nSPS) is 19.0. The van der Waals surface area contributed by atoms with Crippen molar-refractivity contribution in [2.45, 2.75) is 72.9 Å². The van der Waals surface area contributed by atoms with E-state index in [1.54, 1.807) is 11.3 Å². The van der Waals surface area contributed by atoms with Crippen molar-refractivity contribution in [2.24, 2.45) is 10.4 Å². The summed E-state index contributed by atoms with van der Waals surface area (Å²) in [5, 5.41) is 13.0. The molecule has 5 heterocycles. The monoisotopic (exact) mass is 661 g/mol. The summed E-state index contributed by atoms with van der Waals surface area (Å²) in [6.45, 7) is 17.1. The van der Waals surface area contributed by atoms with Crippen LogP contribution in [0.25, 0.3) is 5.00 Å². The number of amides is 3. The van der Waals surface area contributed by atoms with Gasteiger partial charge in [-0.25, -0.2) is 0 Å². The summed E-state index contributed by atoms with van der Waals surface area (Å²) in [6, 6.07) is 7.18. The number of imide groups is 1. The van der Waals surface area contributed by atoms with Gasteiger partial charge >= 0.3 is 0 Å². The van der Waals surface area contributed by atoms with Crippen LogP contribution in [0.1, 0.15) is 79.8 Å². The SMILES string of the molecule is Cc1sc2c(c1C)C(c1ccc(Cl)cc1)=N[C@@H](CC(=O)N1CCN(C(C)(C)CC(C)(C)C3=CC(=O)NC3=O)CC1)c1nnc(C)n1-2. The number of nitrogens with zero attached hydrogens (tertiary/aromatic N) is 6. The van der Waals surface area contributed by atoms with E-state index in [9.17, 15) is 14.4 Å². The van der Waals surface area contributed by atoms with Crippen molar-refractivity contribution in [1.29, 1.82) is 0 Å². The van der Waals surface area contributed by atoms with Gasteiger partial charge in [0.15, 0.2) is 5.82 Å². The number of carbonyl (C=O) groups excluding carboxylic acids is 3. The van der Waals surface area contributed by atoms with Gasteiger partial charge in [0.25, 0.3) is 11.8 Å². The number of piperazine rings is 1. The van der Waals surface area contributed by atoms with E-state index in [0.29, 0.717) is 49.0 Å². The summed E-state index contributed by atoms with van der Waals surface area (Å²) in [6.07, 6.45) is 2.28. The maximum atomic E-state index is 13.9. The highest BCUT2D eigenvalue weighted by Gasteiger charge is 2.41. The first kappa shape index (κ1) is 32.3. The number of thiophene rings is 1. The van der Waals surface area contributed by atoms with E-state index in [4.69, 9.17) is 16.6 Å². The number of aliphatic imine (C=N–C) groups is 1. The largest absolute Gasteiger partial charge is 0.340 e. The second kappa shape index (κ2) is 11.8. The Kier molecular flexibility index (Phi) is 8.31. The molecule has 1 saturated heterocycles. The molecule has 0 bridgehead atoms. The highest BCUT2D eigenvalue weighted by Crippen LogP contribution is 2.41. The Morgan fingerprint density at radius 1 is 1.02 bits per heavy atom. The van der Waals surface area contributed by atoms with E-state index in [2.05, 4.69) is 52.7 Å². The van der Waals surface area contributed by atoms with Gasteiger partial charge in [-0.3, -0.25) is 34.2 Å². The van der Waals surface area contributed by atoms with E-state index in [0.717, 1.165) is 33.2 Å². The molecule has 46 heavy (non-hydrogen) atoms.